The van der Waals surface area contributed by atoms with Crippen LogP contribution in [0.1, 0.15) is 33.1 Å². The molecule has 0 fully saturated rings. The molecule has 1 N–H and O–H groups in total. The van der Waals surface area contributed by atoms with E-state index in [0.29, 0.717) is 11.0 Å². The molecule has 0 aliphatic carbocycles. The van der Waals surface area contributed by atoms with Crippen LogP contribution in [0.5, 0.6) is 0 Å². The fraction of sp³-hybridized carbons (Fsp3) is 0.0690. The van der Waals surface area contributed by atoms with E-state index in [4.69, 9.17) is 0 Å². The summed E-state index contributed by atoms with van der Waals surface area (Å²) in [5.74, 6) is -0.837. The Morgan fingerprint density at radius 3 is 2.11 bits per heavy atom. The number of benzene rings is 3. The molecule has 0 spiro atoms. The molecule has 5 aromatic rings. The largest absolute Gasteiger partial charge is 0.341 e. The smallest absolute Gasteiger partial charge is 0.265 e. The molecular weight excluding hydrogens is 441 g/mol. The molecule has 5 nitrogen and oxygen atoms in total. The maximum absolute atomic E-state index is 13.5. The number of nitrogens with zero attached hydrogens (tertiary/aromatic N) is 2. The Kier molecular flexibility index (Phi) is 6.18. The fourth-order valence-electron chi connectivity index (χ4n) is 4.15. The predicted molar refractivity (Wildman–Crippen MR) is 134 cm³/mol. The van der Waals surface area contributed by atoms with Crippen LogP contribution < -0.4 is 10.9 Å². The number of rotatable bonds is 6. The second kappa shape index (κ2) is 9.73. The summed E-state index contributed by atoms with van der Waals surface area (Å²) in [6.07, 6.45) is 1.60. The SMILES string of the molecule is O=C(NC(c1ccccc1)c1ccccc1)c1cc2cccnc2n(Cc2ccc(F)cc2)c1=O. The maximum atomic E-state index is 13.5. The molecular formula is C29H22FN3O2. The second-order valence-corrected chi connectivity index (χ2v) is 8.22. The second-order valence-electron chi connectivity index (χ2n) is 8.22. The standard InChI is InChI=1S/C29H22FN3O2/c30-24-15-13-20(14-16-24)19-33-27-23(12-7-17-31-27)18-25(29(33)35)28(34)32-26(21-8-3-1-4-9-21)22-10-5-2-6-11-22/h1-18,26H,19H2,(H,32,34). The van der Waals surface area contributed by atoms with Gasteiger partial charge in [0.05, 0.1) is 12.6 Å². The molecule has 6 heteroatoms. The normalized spacial score (nSPS) is 11.0. The summed E-state index contributed by atoms with van der Waals surface area (Å²) in [5, 5.41) is 3.71. The van der Waals surface area contributed by atoms with Crippen LogP contribution in [-0.4, -0.2) is 15.5 Å². The number of carbonyl (C=O) groups is 1. The monoisotopic (exact) mass is 463 g/mol. The zero-order valence-electron chi connectivity index (χ0n) is 18.8. The first-order valence-electron chi connectivity index (χ1n) is 11.2. The summed E-state index contributed by atoms with van der Waals surface area (Å²) >= 11 is 0. The van der Waals surface area contributed by atoms with E-state index >= 15 is 0 Å². The Balaban J connectivity index is 1.57. The number of pyridine rings is 2. The Morgan fingerprint density at radius 1 is 0.857 bits per heavy atom. The van der Waals surface area contributed by atoms with Crippen molar-refractivity contribution < 1.29 is 9.18 Å². The zero-order chi connectivity index (χ0) is 24.2. The summed E-state index contributed by atoms with van der Waals surface area (Å²) in [6.45, 7) is 0.161. The molecule has 1 amide bonds. The number of halogens is 1. The maximum Gasteiger partial charge on any atom is 0.265 e. The summed E-state index contributed by atoms with van der Waals surface area (Å²) in [5.41, 5.74) is 2.55. The van der Waals surface area contributed by atoms with E-state index < -0.39 is 17.5 Å². The molecule has 0 aliphatic rings. The van der Waals surface area contributed by atoms with Gasteiger partial charge in [0.2, 0.25) is 0 Å². The molecule has 35 heavy (non-hydrogen) atoms. The lowest BCUT2D eigenvalue weighted by atomic mass is 9.98. The summed E-state index contributed by atoms with van der Waals surface area (Å²) < 4.78 is 14.9. The number of hydrogen-bond acceptors (Lipinski definition) is 3. The van der Waals surface area contributed by atoms with Gasteiger partial charge in [-0.05, 0) is 47.0 Å². The summed E-state index contributed by atoms with van der Waals surface area (Å²) in [7, 11) is 0. The Labute approximate surface area is 201 Å². The van der Waals surface area contributed by atoms with Crippen LogP contribution in [0.3, 0.4) is 0 Å². The molecule has 0 radical (unpaired) electrons. The third-order valence-corrected chi connectivity index (χ3v) is 5.89. The van der Waals surface area contributed by atoms with Gasteiger partial charge in [-0.3, -0.25) is 14.2 Å². The molecule has 172 valence electrons. The van der Waals surface area contributed by atoms with E-state index in [9.17, 15) is 14.0 Å². The molecule has 5 rings (SSSR count). The molecule has 0 unspecified atom stereocenters. The third-order valence-electron chi connectivity index (χ3n) is 5.89. The Morgan fingerprint density at radius 2 is 1.49 bits per heavy atom. The van der Waals surface area contributed by atoms with Crippen LogP contribution >= 0.6 is 0 Å². The molecule has 0 aliphatic heterocycles. The first kappa shape index (κ1) is 22.2. The van der Waals surface area contributed by atoms with Crippen LogP contribution in [0.4, 0.5) is 4.39 Å². The van der Waals surface area contributed by atoms with Crippen molar-refractivity contribution in [1.82, 2.24) is 14.9 Å². The lowest BCUT2D eigenvalue weighted by Gasteiger charge is -2.20. The highest BCUT2D eigenvalue weighted by molar-refractivity contribution is 5.97. The minimum Gasteiger partial charge on any atom is -0.341 e. The van der Waals surface area contributed by atoms with E-state index in [2.05, 4.69) is 10.3 Å². The van der Waals surface area contributed by atoms with Gasteiger partial charge < -0.3 is 5.32 Å². The number of amides is 1. The van der Waals surface area contributed by atoms with Crippen molar-refractivity contribution in [2.75, 3.05) is 0 Å². The fourth-order valence-corrected chi connectivity index (χ4v) is 4.15. The highest BCUT2D eigenvalue weighted by Crippen LogP contribution is 2.22. The minimum atomic E-state index is -0.480. The van der Waals surface area contributed by atoms with Gasteiger partial charge in [0.25, 0.3) is 11.5 Å². The van der Waals surface area contributed by atoms with Crippen LogP contribution in [0, 0.1) is 5.82 Å². The van der Waals surface area contributed by atoms with E-state index in [-0.39, 0.29) is 17.9 Å². The van der Waals surface area contributed by atoms with Gasteiger partial charge in [-0.2, -0.15) is 0 Å². The molecule has 0 atom stereocenters. The van der Waals surface area contributed by atoms with Crippen molar-refractivity contribution in [1.29, 1.82) is 0 Å². The lowest BCUT2D eigenvalue weighted by Crippen LogP contribution is -2.36. The van der Waals surface area contributed by atoms with Gasteiger partial charge in [-0.1, -0.05) is 72.8 Å². The molecule has 3 aromatic carbocycles. The minimum absolute atomic E-state index is 0.0180. The third kappa shape index (κ3) is 4.73. The first-order chi connectivity index (χ1) is 17.1. The molecule has 2 heterocycles. The molecule has 0 bridgehead atoms. The molecule has 0 saturated heterocycles. The van der Waals surface area contributed by atoms with Gasteiger partial charge in [-0.15, -0.1) is 0 Å². The van der Waals surface area contributed by atoms with Gasteiger partial charge >= 0.3 is 0 Å². The van der Waals surface area contributed by atoms with Crippen molar-refractivity contribution in [3.8, 4) is 0 Å². The lowest BCUT2D eigenvalue weighted by molar-refractivity contribution is 0.0941. The van der Waals surface area contributed by atoms with E-state index in [0.717, 1.165) is 16.7 Å². The summed E-state index contributed by atoms with van der Waals surface area (Å²) in [6, 6.07) is 29.9. The van der Waals surface area contributed by atoms with Gasteiger partial charge in [0.15, 0.2) is 0 Å². The van der Waals surface area contributed by atoms with Gasteiger partial charge in [0, 0.05) is 11.6 Å². The number of carbonyl (C=O) groups excluding carboxylic acids is 1. The zero-order valence-corrected chi connectivity index (χ0v) is 18.8. The van der Waals surface area contributed by atoms with Crippen LogP contribution in [0.2, 0.25) is 0 Å². The molecule has 2 aromatic heterocycles. The van der Waals surface area contributed by atoms with E-state index in [1.54, 1.807) is 30.5 Å². The quantitative estimate of drug-likeness (QED) is 0.381. The van der Waals surface area contributed by atoms with Crippen LogP contribution in [0.15, 0.2) is 114 Å². The number of nitrogens with one attached hydrogen (secondary N) is 1. The van der Waals surface area contributed by atoms with Crippen molar-refractivity contribution in [2.45, 2.75) is 12.6 Å². The average Bonchev–Trinajstić information content (AvgIpc) is 2.90. The van der Waals surface area contributed by atoms with Crippen molar-refractivity contribution in [3.63, 3.8) is 0 Å². The Hall–Kier alpha value is -4.58. The Bertz CT molecular complexity index is 1490. The number of fused-ring (bicyclic) bond motifs is 1. The van der Waals surface area contributed by atoms with Gasteiger partial charge in [0.1, 0.15) is 17.0 Å². The van der Waals surface area contributed by atoms with Crippen LogP contribution in [-0.2, 0) is 6.54 Å². The van der Waals surface area contributed by atoms with Crippen molar-refractivity contribution in [3.05, 3.63) is 148 Å². The highest BCUT2D eigenvalue weighted by atomic mass is 19.1. The van der Waals surface area contributed by atoms with Crippen molar-refractivity contribution >= 4 is 16.9 Å². The summed E-state index contributed by atoms with van der Waals surface area (Å²) in [4.78, 5) is 31.4. The average molecular weight is 464 g/mol. The molecule has 0 saturated carbocycles. The van der Waals surface area contributed by atoms with E-state index in [1.165, 1.54) is 16.7 Å². The highest BCUT2D eigenvalue weighted by Gasteiger charge is 2.22. The first-order valence-corrected chi connectivity index (χ1v) is 11.2. The number of aromatic nitrogens is 2. The predicted octanol–water partition coefficient (Wildman–Crippen LogP) is 5.10. The van der Waals surface area contributed by atoms with Crippen LogP contribution in [0.25, 0.3) is 11.0 Å². The van der Waals surface area contributed by atoms with Crippen molar-refractivity contribution in [2.24, 2.45) is 0 Å². The van der Waals surface area contributed by atoms with E-state index in [1.807, 2.05) is 66.7 Å². The topological polar surface area (TPSA) is 64.0 Å². The number of hydrogen-bond donors (Lipinski definition) is 1. The van der Waals surface area contributed by atoms with Gasteiger partial charge in [-0.25, -0.2) is 9.37 Å².